The summed E-state index contributed by atoms with van der Waals surface area (Å²) < 4.78 is 17.2. The highest BCUT2D eigenvalue weighted by atomic mass is 35.5. The largest absolute Gasteiger partial charge is 0.493 e. The van der Waals surface area contributed by atoms with Gasteiger partial charge in [-0.1, -0.05) is 34.4 Å². The summed E-state index contributed by atoms with van der Waals surface area (Å²) in [5.74, 6) is 2.04. The summed E-state index contributed by atoms with van der Waals surface area (Å²) in [6.45, 7) is 1.84. The minimum absolute atomic E-state index is 0.219. The van der Waals surface area contributed by atoms with Crippen molar-refractivity contribution in [2.75, 3.05) is 7.11 Å². The molecule has 9 heteroatoms. The summed E-state index contributed by atoms with van der Waals surface area (Å²) in [6, 6.07) is 11.1. The van der Waals surface area contributed by atoms with Crippen molar-refractivity contribution in [3.8, 4) is 22.9 Å². The van der Waals surface area contributed by atoms with Crippen molar-refractivity contribution in [3.05, 3.63) is 64.0 Å². The number of rotatable bonds is 6. The minimum atomic E-state index is -0.974. The number of nitrogens with zero attached hydrogens (tertiary/aromatic N) is 2. The third kappa shape index (κ3) is 4.28. The molecule has 0 spiro atoms. The normalized spacial score (nSPS) is 20.5. The van der Waals surface area contributed by atoms with Gasteiger partial charge in [0.15, 0.2) is 17.1 Å². The summed E-state index contributed by atoms with van der Waals surface area (Å²) in [6.07, 6.45) is 6.62. The first-order valence-corrected chi connectivity index (χ1v) is 11.5. The number of nitrogens with one attached hydrogen (secondary N) is 1. The highest BCUT2D eigenvalue weighted by Crippen LogP contribution is 2.39. The van der Waals surface area contributed by atoms with Crippen molar-refractivity contribution in [1.82, 2.24) is 15.6 Å². The molecule has 3 aromatic rings. The molecule has 1 aliphatic heterocycles. The Bertz CT molecular complexity index is 1210. The van der Waals surface area contributed by atoms with Gasteiger partial charge in [0, 0.05) is 11.1 Å². The average molecular weight is 488 g/mol. The number of methoxy groups -OCH3 is 1. The van der Waals surface area contributed by atoms with Crippen LogP contribution in [-0.2, 0) is 10.4 Å². The number of benzene rings is 2. The molecule has 1 aliphatic carbocycles. The van der Waals surface area contributed by atoms with Crippen LogP contribution in [0.5, 0.6) is 11.5 Å². The lowest BCUT2D eigenvalue weighted by Gasteiger charge is -2.17. The van der Waals surface area contributed by atoms with Crippen molar-refractivity contribution >= 4 is 28.9 Å². The van der Waals surface area contributed by atoms with Crippen LogP contribution in [0.25, 0.3) is 17.1 Å². The number of ether oxygens (including phenoxy) is 2. The van der Waals surface area contributed by atoms with Gasteiger partial charge in [0.2, 0.25) is 5.82 Å². The fourth-order valence-corrected chi connectivity index (χ4v) is 4.46. The van der Waals surface area contributed by atoms with Gasteiger partial charge in [-0.05, 0) is 69.0 Å². The van der Waals surface area contributed by atoms with E-state index in [9.17, 15) is 0 Å². The molecule has 0 bridgehead atoms. The van der Waals surface area contributed by atoms with Gasteiger partial charge in [-0.25, -0.2) is 0 Å². The first kappa shape index (κ1) is 22.1. The van der Waals surface area contributed by atoms with Crippen molar-refractivity contribution in [3.63, 3.8) is 0 Å². The maximum absolute atomic E-state index is 6.30. The van der Waals surface area contributed by atoms with E-state index >= 15 is 0 Å². The van der Waals surface area contributed by atoms with Crippen LogP contribution in [-0.4, -0.2) is 23.4 Å². The predicted molar refractivity (Wildman–Crippen MR) is 125 cm³/mol. The Morgan fingerprint density at radius 1 is 1.12 bits per heavy atom. The molecule has 0 amide bonds. The van der Waals surface area contributed by atoms with E-state index in [4.69, 9.17) is 42.0 Å². The second-order valence-electron chi connectivity index (χ2n) is 8.28. The van der Waals surface area contributed by atoms with Crippen LogP contribution in [0.3, 0.4) is 0 Å². The smallest absolute Gasteiger partial charge is 0.265 e. The second kappa shape index (κ2) is 8.89. The highest BCUT2D eigenvalue weighted by molar-refractivity contribution is 6.43. The van der Waals surface area contributed by atoms with Crippen LogP contribution in [0.2, 0.25) is 10.0 Å². The predicted octanol–water partition coefficient (Wildman–Crippen LogP) is 6.16. The lowest BCUT2D eigenvalue weighted by atomic mass is 10.0. The molecule has 1 aromatic heterocycles. The van der Waals surface area contributed by atoms with Crippen LogP contribution in [0.15, 0.2) is 47.0 Å². The van der Waals surface area contributed by atoms with Gasteiger partial charge in [0.1, 0.15) is 0 Å². The van der Waals surface area contributed by atoms with Crippen LogP contribution < -0.4 is 15.0 Å². The summed E-state index contributed by atoms with van der Waals surface area (Å²) in [5, 5.41) is 4.85. The molecule has 0 radical (unpaired) electrons. The summed E-state index contributed by atoms with van der Waals surface area (Å²) in [4.78, 5) is 10.4. The van der Waals surface area contributed by atoms with Gasteiger partial charge < -0.3 is 14.0 Å². The van der Waals surface area contributed by atoms with E-state index in [2.05, 4.69) is 15.6 Å². The third-order valence-electron chi connectivity index (χ3n) is 5.91. The Morgan fingerprint density at radius 3 is 2.73 bits per heavy atom. The Kier molecular flexibility index (Phi) is 5.95. The molecule has 2 heterocycles. The van der Waals surface area contributed by atoms with Gasteiger partial charge in [0.25, 0.3) is 5.89 Å². The number of hydrogen-bond donors (Lipinski definition) is 1. The zero-order chi connectivity index (χ0) is 23.0. The molecule has 1 fully saturated rings. The molecule has 172 valence electrons. The van der Waals surface area contributed by atoms with Crippen LogP contribution >= 0.6 is 23.2 Å². The molecular formula is C24H23Cl2N3O4. The zero-order valence-electron chi connectivity index (χ0n) is 18.2. The van der Waals surface area contributed by atoms with Crippen LogP contribution in [0.1, 0.15) is 44.1 Å². The summed E-state index contributed by atoms with van der Waals surface area (Å²) >= 11 is 12.4. The SMILES string of the molecule is COc1ccc(C2=CC(C)(c3nc(-c4cccc(Cl)c4Cl)no3)ON2)cc1OC1CCCC1. The molecule has 33 heavy (non-hydrogen) atoms. The maximum Gasteiger partial charge on any atom is 0.265 e. The molecule has 2 aliphatic rings. The molecular weight excluding hydrogens is 465 g/mol. The molecule has 7 nitrogen and oxygen atoms in total. The van der Waals surface area contributed by atoms with E-state index < -0.39 is 5.60 Å². The number of hydrogen-bond acceptors (Lipinski definition) is 7. The molecule has 5 rings (SSSR count). The lowest BCUT2D eigenvalue weighted by Crippen LogP contribution is -2.23. The summed E-state index contributed by atoms with van der Waals surface area (Å²) in [7, 11) is 1.64. The van der Waals surface area contributed by atoms with Gasteiger partial charge >= 0.3 is 0 Å². The molecule has 0 saturated heterocycles. The van der Waals surface area contributed by atoms with Crippen molar-refractivity contribution in [1.29, 1.82) is 0 Å². The number of halogens is 2. The van der Waals surface area contributed by atoms with Gasteiger partial charge in [-0.2, -0.15) is 4.98 Å². The minimum Gasteiger partial charge on any atom is -0.493 e. The van der Waals surface area contributed by atoms with E-state index in [1.807, 2.05) is 31.2 Å². The molecule has 2 aromatic carbocycles. The second-order valence-corrected chi connectivity index (χ2v) is 9.07. The summed E-state index contributed by atoms with van der Waals surface area (Å²) in [5.41, 5.74) is 4.25. The van der Waals surface area contributed by atoms with Gasteiger partial charge in [-0.15, -0.1) is 0 Å². The van der Waals surface area contributed by atoms with Crippen LogP contribution in [0.4, 0.5) is 0 Å². The quantitative estimate of drug-likeness (QED) is 0.445. The monoisotopic (exact) mass is 487 g/mol. The fraction of sp³-hybridized carbons (Fsp3) is 0.333. The lowest BCUT2D eigenvalue weighted by molar-refractivity contribution is -0.0445. The number of hydroxylamine groups is 1. The van der Waals surface area contributed by atoms with Crippen molar-refractivity contribution < 1.29 is 18.8 Å². The maximum atomic E-state index is 6.30. The number of aromatic nitrogens is 2. The molecule has 1 saturated carbocycles. The Balaban J connectivity index is 1.42. The Hall–Kier alpha value is -2.74. The van der Waals surface area contributed by atoms with E-state index in [1.165, 1.54) is 12.8 Å². The van der Waals surface area contributed by atoms with Gasteiger partial charge in [0.05, 0.1) is 29.0 Å². The molecule has 1 atom stereocenters. The standard InChI is InChI=1S/C24H23Cl2N3O4/c1-24(23-27-22(29-32-23)16-8-5-9-17(25)21(16)26)13-18(28-33-24)14-10-11-19(30-2)20(12-14)31-15-6-3-4-7-15/h5,8-13,15,28H,3-4,6-7H2,1-2H3. The van der Waals surface area contributed by atoms with E-state index in [1.54, 1.807) is 25.3 Å². The Labute approximate surface area is 201 Å². The first-order valence-electron chi connectivity index (χ1n) is 10.8. The van der Waals surface area contributed by atoms with Crippen molar-refractivity contribution in [2.24, 2.45) is 0 Å². The van der Waals surface area contributed by atoms with Gasteiger partial charge in [-0.3, -0.25) is 10.3 Å². The Morgan fingerprint density at radius 2 is 1.94 bits per heavy atom. The highest BCUT2D eigenvalue weighted by Gasteiger charge is 2.38. The molecule has 1 unspecified atom stereocenters. The third-order valence-corrected chi connectivity index (χ3v) is 6.73. The van der Waals surface area contributed by atoms with E-state index in [0.717, 1.165) is 24.1 Å². The van der Waals surface area contributed by atoms with Crippen molar-refractivity contribution in [2.45, 2.75) is 44.3 Å². The van der Waals surface area contributed by atoms with E-state index in [-0.39, 0.29) is 12.0 Å². The first-order chi connectivity index (χ1) is 16.0. The topological polar surface area (TPSA) is 78.6 Å². The average Bonchev–Trinajstić information content (AvgIpc) is 3.57. The molecule has 1 N–H and O–H groups in total. The fourth-order valence-electron chi connectivity index (χ4n) is 4.08. The van der Waals surface area contributed by atoms with Crippen LogP contribution in [0, 0.1) is 0 Å². The zero-order valence-corrected chi connectivity index (χ0v) is 19.7. The van der Waals surface area contributed by atoms with E-state index in [0.29, 0.717) is 32.9 Å².